The zero-order valence-electron chi connectivity index (χ0n) is 14.4. The standard InChI is InChI=1S/C18H28O3Si/c1-6-22(7-2,8-3)21-18(5)12-11-15(16(18)13-19)17-10-9-14(4)20-17/h9-12,19H,6-8,13H2,1-5H3. The van der Waals surface area contributed by atoms with Crippen molar-refractivity contribution in [2.24, 2.45) is 0 Å². The van der Waals surface area contributed by atoms with Gasteiger partial charge in [-0.1, -0.05) is 26.8 Å². The molecule has 22 heavy (non-hydrogen) atoms. The van der Waals surface area contributed by atoms with Crippen LogP contribution in [-0.4, -0.2) is 25.6 Å². The van der Waals surface area contributed by atoms with Crippen molar-refractivity contribution >= 4 is 13.9 Å². The zero-order chi connectivity index (χ0) is 16.4. The highest BCUT2D eigenvalue weighted by Gasteiger charge is 2.41. The van der Waals surface area contributed by atoms with Gasteiger partial charge in [0.2, 0.25) is 0 Å². The second kappa shape index (κ2) is 6.57. The Balaban J connectivity index is 2.39. The molecule has 1 aliphatic rings. The van der Waals surface area contributed by atoms with Crippen LogP contribution < -0.4 is 0 Å². The maximum atomic E-state index is 9.95. The van der Waals surface area contributed by atoms with Crippen molar-refractivity contribution in [2.45, 2.75) is 58.4 Å². The van der Waals surface area contributed by atoms with E-state index >= 15 is 0 Å². The molecule has 4 heteroatoms. The summed E-state index contributed by atoms with van der Waals surface area (Å²) in [5.74, 6) is 1.68. The Morgan fingerprint density at radius 1 is 1.18 bits per heavy atom. The molecule has 1 aromatic rings. The van der Waals surface area contributed by atoms with Gasteiger partial charge in [0.15, 0.2) is 8.32 Å². The first kappa shape index (κ1) is 17.3. The van der Waals surface area contributed by atoms with Crippen LogP contribution in [-0.2, 0) is 4.43 Å². The highest BCUT2D eigenvalue weighted by molar-refractivity contribution is 6.73. The molecule has 1 unspecified atom stereocenters. The summed E-state index contributed by atoms with van der Waals surface area (Å²) in [5.41, 5.74) is 1.36. The zero-order valence-corrected chi connectivity index (χ0v) is 15.4. The molecule has 1 aromatic heterocycles. The quantitative estimate of drug-likeness (QED) is 0.741. The SMILES string of the molecule is CC[Si](CC)(CC)OC1(C)C=CC(c2ccc(C)o2)=C1CO. The van der Waals surface area contributed by atoms with Crippen LogP contribution in [0.1, 0.15) is 39.2 Å². The molecule has 1 atom stereocenters. The second-order valence-corrected chi connectivity index (χ2v) is 10.9. The Bertz CT molecular complexity index is 573. The Hall–Kier alpha value is -1.10. The fourth-order valence-corrected chi connectivity index (χ4v) is 6.30. The number of aliphatic hydroxyl groups excluding tert-OH is 1. The topological polar surface area (TPSA) is 42.6 Å². The van der Waals surface area contributed by atoms with Crippen LogP contribution in [0.2, 0.25) is 18.1 Å². The van der Waals surface area contributed by atoms with Gasteiger partial charge in [-0.05, 0) is 50.2 Å². The van der Waals surface area contributed by atoms with E-state index in [1.54, 1.807) is 0 Å². The number of hydrogen-bond acceptors (Lipinski definition) is 3. The number of allylic oxidation sites excluding steroid dienone is 2. The minimum atomic E-state index is -1.77. The van der Waals surface area contributed by atoms with Crippen LogP contribution in [0.15, 0.2) is 34.3 Å². The maximum Gasteiger partial charge on any atom is 0.193 e. The Labute approximate surface area is 134 Å². The third-order valence-corrected chi connectivity index (χ3v) is 9.74. The lowest BCUT2D eigenvalue weighted by Gasteiger charge is -2.38. The summed E-state index contributed by atoms with van der Waals surface area (Å²) in [6, 6.07) is 7.19. The first-order valence-corrected chi connectivity index (χ1v) is 10.8. The molecule has 1 aliphatic carbocycles. The van der Waals surface area contributed by atoms with Crippen molar-refractivity contribution in [3.63, 3.8) is 0 Å². The summed E-state index contributed by atoms with van der Waals surface area (Å²) in [5, 5.41) is 9.95. The van der Waals surface area contributed by atoms with E-state index in [0.29, 0.717) is 0 Å². The largest absolute Gasteiger partial charge is 0.461 e. The molecule has 0 amide bonds. The lowest BCUT2D eigenvalue weighted by atomic mass is 9.98. The summed E-state index contributed by atoms with van der Waals surface area (Å²) < 4.78 is 12.4. The van der Waals surface area contributed by atoms with Gasteiger partial charge in [0.05, 0.1) is 12.2 Å². The molecule has 0 bridgehead atoms. The van der Waals surface area contributed by atoms with Crippen LogP contribution in [0.3, 0.4) is 0 Å². The predicted octanol–water partition coefficient (Wildman–Crippen LogP) is 4.68. The lowest BCUT2D eigenvalue weighted by Crippen LogP contribution is -2.45. The van der Waals surface area contributed by atoms with Gasteiger partial charge < -0.3 is 13.9 Å². The van der Waals surface area contributed by atoms with E-state index in [-0.39, 0.29) is 6.61 Å². The number of hydrogen-bond donors (Lipinski definition) is 1. The van der Waals surface area contributed by atoms with E-state index in [0.717, 1.165) is 40.8 Å². The van der Waals surface area contributed by atoms with Crippen LogP contribution in [0.5, 0.6) is 0 Å². The van der Waals surface area contributed by atoms with Crippen molar-refractivity contribution < 1.29 is 13.9 Å². The summed E-state index contributed by atoms with van der Waals surface area (Å²) in [6.07, 6.45) is 4.11. The third-order valence-electron chi connectivity index (χ3n) is 5.02. The molecule has 0 radical (unpaired) electrons. The van der Waals surface area contributed by atoms with Crippen molar-refractivity contribution in [1.82, 2.24) is 0 Å². The number of aryl methyl sites for hydroxylation is 1. The average molecular weight is 321 g/mol. The van der Waals surface area contributed by atoms with Gasteiger partial charge >= 0.3 is 0 Å². The van der Waals surface area contributed by atoms with E-state index in [9.17, 15) is 5.11 Å². The molecule has 1 heterocycles. The van der Waals surface area contributed by atoms with Gasteiger partial charge in [0, 0.05) is 11.1 Å². The summed E-state index contributed by atoms with van der Waals surface area (Å²) >= 11 is 0. The molecule has 0 saturated carbocycles. The highest BCUT2D eigenvalue weighted by atomic mass is 28.4. The van der Waals surface area contributed by atoms with Gasteiger partial charge in [-0.25, -0.2) is 0 Å². The monoisotopic (exact) mass is 320 g/mol. The van der Waals surface area contributed by atoms with Crippen LogP contribution in [0.25, 0.3) is 5.57 Å². The molecule has 0 aliphatic heterocycles. The van der Waals surface area contributed by atoms with E-state index < -0.39 is 13.9 Å². The van der Waals surface area contributed by atoms with Gasteiger partial charge in [-0.15, -0.1) is 0 Å². The third kappa shape index (κ3) is 3.00. The number of aliphatic hydroxyl groups is 1. The van der Waals surface area contributed by atoms with Crippen molar-refractivity contribution in [2.75, 3.05) is 6.61 Å². The Morgan fingerprint density at radius 3 is 2.27 bits per heavy atom. The molecular weight excluding hydrogens is 292 g/mol. The smallest absolute Gasteiger partial charge is 0.193 e. The van der Waals surface area contributed by atoms with Crippen LogP contribution >= 0.6 is 0 Å². The molecular formula is C18H28O3Si. The van der Waals surface area contributed by atoms with Crippen molar-refractivity contribution in [3.8, 4) is 0 Å². The number of rotatable bonds is 7. The molecule has 2 rings (SSSR count). The molecule has 0 aromatic carbocycles. The first-order valence-electron chi connectivity index (χ1n) is 8.24. The maximum absolute atomic E-state index is 9.95. The normalized spacial score (nSPS) is 21.9. The van der Waals surface area contributed by atoms with Gasteiger partial charge in [0.25, 0.3) is 0 Å². The minimum Gasteiger partial charge on any atom is -0.461 e. The van der Waals surface area contributed by atoms with E-state index in [2.05, 4.69) is 33.8 Å². The second-order valence-electron chi connectivity index (χ2n) is 6.25. The first-order chi connectivity index (χ1) is 10.4. The molecule has 0 fully saturated rings. The molecule has 122 valence electrons. The molecule has 1 N–H and O–H groups in total. The molecule has 3 nitrogen and oxygen atoms in total. The fraction of sp³-hybridized carbons (Fsp3) is 0.556. The number of furan rings is 1. The molecule has 0 saturated heterocycles. The average Bonchev–Trinajstić information content (AvgIpc) is 3.08. The van der Waals surface area contributed by atoms with Crippen molar-refractivity contribution in [3.05, 3.63) is 41.4 Å². The predicted molar refractivity (Wildman–Crippen MR) is 93.3 cm³/mol. The van der Waals surface area contributed by atoms with Crippen molar-refractivity contribution in [1.29, 1.82) is 0 Å². The Morgan fingerprint density at radius 2 is 1.82 bits per heavy atom. The summed E-state index contributed by atoms with van der Waals surface area (Å²) in [6.45, 7) is 10.7. The lowest BCUT2D eigenvalue weighted by molar-refractivity contribution is 0.149. The highest BCUT2D eigenvalue weighted by Crippen LogP contribution is 2.41. The van der Waals surface area contributed by atoms with E-state index in [1.165, 1.54) is 0 Å². The minimum absolute atomic E-state index is 0.0137. The van der Waals surface area contributed by atoms with Crippen LogP contribution in [0, 0.1) is 6.92 Å². The van der Waals surface area contributed by atoms with E-state index in [1.807, 2.05) is 25.1 Å². The van der Waals surface area contributed by atoms with Crippen LogP contribution in [0.4, 0.5) is 0 Å². The molecule has 0 spiro atoms. The Kier molecular flexibility index (Phi) is 5.15. The summed E-state index contributed by atoms with van der Waals surface area (Å²) in [4.78, 5) is 0. The van der Waals surface area contributed by atoms with Gasteiger partial charge in [-0.3, -0.25) is 0 Å². The van der Waals surface area contributed by atoms with E-state index in [4.69, 9.17) is 8.84 Å². The van der Waals surface area contributed by atoms with Gasteiger partial charge in [0.1, 0.15) is 11.5 Å². The van der Waals surface area contributed by atoms with Gasteiger partial charge in [-0.2, -0.15) is 0 Å². The fourth-order valence-electron chi connectivity index (χ4n) is 3.28. The summed E-state index contributed by atoms with van der Waals surface area (Å²) in [7, 11) is -1.77.